The molecule has 0 fully saturated rings. The molecule has 0 radical (unpaired) electrons. The summed E-state index contributed by atoms with van der Waals surface area (Å²) in [5, 5.41) is 0. The summed E-state index contributed by atoms with van der Waals surface area (Å²) in [7, 11) is 1.36. The van der Waals surface area contributed by atoms with Crippen molar-refractivity contribution in [3.05, 3.63) is 48.0 Å². The minimum atomic E-state index is -0.376. The first kappa shape index (κ1) is 15.6. The average Bonchev–Trinajstić information content (AvgIpc) is 2.92. The Bertz CT molecular complexity index is 669. The number of imidazole rings is 1. The molecule has 0 amide bonds. The maximum Gasteiger partial charge on any atom is 0.343 e. The SMILES string of the molecule is COC(=O)COc1ccccc1CN1CCCn2cncc2C1. The number of benzene rings is 1. The van der Waals surface area contributed by atoms with Gasteiger partial charge < -0.3 is 14.0 Å². The Hall–Kier alpha value is -2.34. The molecule has 3 rings (SSSR count). The molecule has 0 bridgehead atoms. The van der Waals surface area contributed by atoms with E-state index < -0.39 is 0 Å². The molecule has 1 aromatic heterocycles. The lowest BCUT2D eigenvalue weighted by atomic mass is 10.2. The Kier molecular flexibility index (Phi) is 4.92. The number of esters is 1. The molecule has 2 heterocycles. The van der Waals surface area contributed by atoms with E-state index in [2.05, 4.69) is 19.2 Å². The zero-order valence-electron chi connectivity index (χ0n) is 13.3. The molecule has 1 aliphatic rings. The van der Waals surface area contributed by atoms with E-state index in [9.17, 15) is 4.79 Å². The van der Waals surface area contributed by atoms with E-state index >= 15 is 0 Å². The normalized spacial score (nSPS) is 14.8. The van der Waals surface area contributed by atoms with Gasteiger partial charge in [-0.05, 0) is 12.5 Å². The van der Waals surface area contributed by atoms with Crippen LogP contribution >= 0.6 is 0 Å². The summed E-state index contributed by atoms with van der Waals surface area (Å²) in [5.74, 6) is 0.356. The number of rotatable bonds is 5. The Morgan fingerprint density at radius 2 is 2.17 bits per heavy atom. The summed E-state index contributed by atoms with van der Waals surface area (Å²) in [4.78, 5) is 17.9. The van der Waals surface area contributed by atoms with E-state index in [1.807, 2.05) is 36.8 Å². The van der Waals surface area contributed by atoms with E-state index in [1.165, 1.54) is 12.8 Å². The Balaban J connectivity index is 1.69. The van der Waals surface area contributed by atoms with Crippen LogP contribution in [0, 0.1) is 0 Å². The maximum atomic E-state index is 11.3. The van der Waals surface area contributed by atoms with Crippen LogP contribution in [0.25, 0.3) is 0 Å². The molecule has 122 valence electrons. The van der Waals surface area contributed by atoms with E-state index in [-0.39, 0.29) is 12.6 Å². The molecule has 1 aliphatic heterocycles. The standard InChI is InChI=1S/C17H21N3O3/c1-22-17(21)12-23-16-6-3-2-5-14(16)10-19-7-4-8-20-13-18-9-15(20)11-19/h2-3,5-6,9,13H,4,7-8,10-12H2,1H3. The number of fused-ring (bicyclic) bond motifs is 1. The minimum Gasteiger partial charge on any atom is -0.482 e. The van der Waals surface area contributed by atoms with Crippen LogP contribution in [0.1, 0.15) is 17.7 Å². The summed E-state index contributed by atoms with van der Waals surface area (Å²) in [6, 6.07) is 7.82. The van der Waals surface area contributed by atoms with E-state index in [1.54, 1.807) is 0 Å². The number of para-hydroxylation sites is 1. The molecule has 0 spiro atoms. The summed E-state index contributed by atoms with van der Waals surface area (Å²) >= 11 is 0. The van der Waals surface area contributed by atoms with Crippen molar-refractivity contribution in [2.24, 2.45) is 0 Å². The van der Waals surface area contributed by atoms with Gasteiger partial charge in [-0.15, -0.1) is 0 Å². The van der Waals surface area contributed by atoms with Crippen molar-refractivity contribution in [1.82, 2.24) is 14.5 Å². The fourth-order valence-corrected chi connectivity index (χ4v) is 2.80. The van der Waals surface area contributed by atoms with E-state index in [0.717, 1.165) is 43.9 Å². The van der Waals surface area contributed by atoms with Crippen molar-refractivity contribution >= 4 is 5.97 Å². The lowest BCUT2D eigenvalue weighted by Gasteiger charge is -2.21. The Morgan fingerprint density at radius 3 is 3.04 bits per heavy atom. The largest absolute Gasteiger partial charge is 0.482 e. The third kappa shape index (κ3) is 3.90. The van der Waals surface area contributed by atoms with Gasteiger partial charge in [0.05, 0.1) is 19.1 Å². The quantitative estimate of drug-likeness (QED) is 0.788. The fraction of sp³-hybridized carbons (Fsp3) is 0.412. The third-order valence-electron chi connectivity index (χ3n) is 4.00. The second-order valence-corrected chi connectivity index (χ2v) is 5.62. The van der Waals surface area contributed by atoms with Crippen molar-refractivity contribution in [2.45, 2.75) is 26.1 Å². The van der Waals surface area contributed by atoms with Gasteiger partial charge in [0.25, 0.3) is 0 Å². The fourth-order valence-electron chi connectivity index (χ4n) is 2.80. The highest BCUT2D eigenvalue weighted by molar-refractivity contribution is 5.70. The molecule has 0 atom stereocenters. The number of aromatic nitrogens is 2. The van der Waals surface area contributed by atoms with Gasteiger partial charge in [0.15, 0.2) is 6.61 Å². The zero-order chi connectivity index (χ0) is 16.1. The average molecular weight is 315 g/mol. The van der Waals surface area contributed by atoms with Gasteiger partial charge in [0, 0.05) is 37.9 Å². The predicted octanol–water partition coefficient (Wildman–Crippen LogP) is 1.84. The monoisotopic (exact) mass is 315 g/mol. The molecule has 23 heavy (non-hydrogen) atoms. The second kappa shape index (κ2) is 7.28. The van der Waals surface area contributed by atoms with Crippen LogP contribution in [-0.4, -0.2) is 40.7 Å². The number of ether oxygens (including phenoxy) is 2. The zero-order valence-corrected chi connectivity index (χ0v) is 13.3. The molecular formula is C17H21N3O3. The summed E-state index contributed by atoms with van der Waals surface area (Å²) in [6.45, 7) is 3.60. The second-order valence-electron chi connectivity index (χ2n) is 5.62. The number of methoxy groups -OCH3 is 1. The Labute approximate surface area is 135 Å². The predicted molar refractivity (Wildman–Crippen MR) is 84.9 cm³/mol. The molecule has 6 heteroatoms. The molecule has 0 unspecified atom stereocenters. The van der Waals surface area contributed by atoms with Gasteiger partial charge in [0.1, 0.15) is 5.75 Å². The van der Waals surface area contributed by atoms with Crippen LogP contribution < -0.4 is 4.74 Å². The number of nitrogens with zero attached hydrogens (tertiary/aromatic N) is 3. The van der Waals surface area contributed by atoms with Crippen LogP contribution in [0.3, 0.4) is 0 Å². The Morgan fingerprint density at radius 1 is 1.30 bits per heavy atom. The first-order valence-corrected chi connectivity index (χ1v) is 7.75. The molecule has 0 N–H and O–H groups in total. The maximum absolute atomic E-state index is 11.3. The highest BCUT2D eigenvalue weighted by atomic mass is 16.6. The lowest BCUT2D eigenvalue weighted by molar-refractivity contribution is -0.142. The number of hydrogen-bond acceptors (Lipinski definition) is 5. The van der Waals surface area contributed by atoms with Crippen molar-refractivity contribution in [3.63, 3.8) is 0 Å². The summed E-state index contributed by atoms with van der Waals surface area (Å²) in [5.41, 5.74) is 2.31. The van der Waals surface area contributed by atoms with E-state index in [0.29, 0.717) is 0 Å². The minimum absolute atomic E-state index is 0.0692. The van der Waals surface area contributed by atoms with Crippen molar-refractivity contribution in [2.75, 3.05) is 20.3 Å². The van der Waals surface area contributed by atoms with Crippen LogP contribution in [0.15, 0.2) is 36.8 Å². The number of carbonyl (C=O) groups is 1. The smallest absolute Gasteiger partial charge is 0.343 e. The molecule has 1 aromatic carbocycles. The highest BCUT2D eigenvalue weighted by Crippen LogP contribution is 2.22. The van der Waals surface area contributed by atoms with Crippen molar-refractivity contribution in [1.29, 1.82) is 0 Å². The van der Waals surface area contributed by atoms with Crippen LogP contribution in [-0.2, 0) is 29.2 Å². The van der Waals surface area contributed by atoms with Gasteiger partial charge in [-0.3, -0.25) is 4.90 Å². The van der Waals surface area contributed by atoms with Crippen LogP contribution in [0.4, 0.5) is 0 Å². The molecular weight excluding hydrogens is 294 g/mol. The summed E-state index contributed by atoms with van der Waals surface area (Å²) in [6.07, 6.45) is 4.92. The van der Waals surface area contributed by atoms with Gasteiger partial charge in [-0.1, -0.05) is 18.2 Å². The molecule has 6 nitrogen and oxygen atoms in total. The van der Waals surface area contributed by atoms with Crippen molar-refractivity contribution in [3.8, 4) is 5.75 Å². The summed E-state index contributed by atoms with van der Waals surface area (Å²) < 4.78 is 12.4. The molecule has 0 saturated heterocycles. The molecule has 0 aliphatic carbocycles. The molecule has 0 saturated carbocycles. The topological polar surface area (TPSA) is 56.6 Å². The first-order valence-electron chi connectivity index (χ1n) is 7.75. The van der Waals surface area contributed by atoms with Gasteiger partial charge in [0.2, 0.25) is 0 Å². The first-order chi connectivity index (χ1) is 11.3. The number of hydrogen-bond donors (Lipinski definition) is 0. The number of aryl methyl sites for hydroxylation is 1. The molecule has 2 aromatic rings. The van der Waals surface area contributed by atoms with Gasteiger partial charge >= 0.3 is 5.97 Å². The van der Waals surface area contributed by atoms with Crippen molar-refractivity contribution < 1.29 is 14.3 Å². The van der Waals surface area contributed by atoms with Gasteiger partial charge in [-0.2, -0.15) is 0 Å². The van der Waals surface area contributed by atoms with Crippen LogP contribution in [0.5, 0.6) is 5.75 Å². The van der Waals surface area contributed by atoms with E-state index in [4.69, 9.17) is 4.74 Å². The lowest BCUT2D eigenvalue weighted by Crippen LogP contribution is -2.23. The van der Waals surface area contributed by atoms with Crippen LogP contribution in [0.2, 0.25) is 0 Å². The highest BCUT2D eigenvalue weighted by Gasteiger charge is 2.16. The number of carbonyl (C=O) groups excluding carboxylic acids is 1. The third-order valence-corrected chi connectivity index (χ3v) is 4.00. The van der Waals surface area contributed by atoms with Gasteiger partial charge in [-0.25, -0.2) is 9.78 Å².